The van der Waals surface area contributed by atoms with Crippen molar-refractivity contribution in [2.24, 2.45) is 11.7 Å². The molecule has 4 heteroatoms. The molecule has 0 spiro atoms. The van der Waals surface area contributed by atoms with Crippen LogP contribution in [0.5, 0.6) is 5.75 Å². The highest BCUT2D eigenvalue weighted by atomic mass is 19.1. The average Bonchev–Trinajstić information content (AvgIpc) is 2.74. The van der Waals surface area contributed by atoms with Crippen molar-refractivity contribution in [2.45, 2.75) is 38.6 Å². The van der Waals surface area contributed by atoms with Crippen LogP contribution in [0.15, 0.2) is 18.2 Å². The van der Waals surface area contributed by atoms with Gasteiger partial charge in [-0.1, -0.05) is 19.4 Å². The average molecular weight is 294 g/mol. The molecule has 1 saturated heterocycles. The molecule has 1 aliphatic heterocycles. The second-order valence-electron chi connectivity index (χ2n) is 5.89. The van der Waals surface area contributed by atoms with Gasteiger partial charge in [0.1, 0.15) is 0 Å². The van der Waals surface area contributed by atoms with E-state index in [0.717, 1.165) is 24.6 Å². The van der Waals surface area contributed by atoms with Gasteiger partial charge in [0, 0.05) is 12.6 Å². The zero-order chi connectivity index (χ0) is 15.2. The monoisotopic (exact) mass is 294 g/mol. The Bertz CT molecular complexity index is 452. The second kappa shape index (κ2) is 7.76. The maximum Gasteiger partial charge on any atom is 0.165 e. The van der Waals surface area contributed by atoms with Gasteiger partial charge >= 0.3 is 0 Å². The van der Waals surface area contributed by atoms with Crippen molar-refractivity contribution in [3.63, 3.8) is 0 Å². The Morgan fingerprint density at radius 1 is 1.38 bits per heavy atom. The van der Waals surface area contributed by atoms with Gasteiger partial charge in [0.05, 0.1) is 7.11 Å². The van der Waals surface area contributed by atoms with Crippen LogP contribution in [-0.2, 0) is 0 Å². The van der Waals surface area contributed by atoms with Crippen molar-refractivity contribution in [3.05, 3.63) is 29.6 Å². The van der Waals surface area contributed by atoms with Crippen LogP contribution >= 0.6 is 0 Å². The summed E-state index contributed by atoms with van der Waals surface area (Å²) in [5.41, 5.74) is 6.93. The summed E-state index contributed by atoms with van der Waals surface area (Å²) in [6.07, 6.45) is 4.96. The van der Waals surface area contributed by atoms with Crippen LogP contribution in [0.4, 0.5) is 4.39 Å². The van der Waals surface area contributed by atoms with Crippen LogP contribution in [0.1, 0.15) is 44.2 Å². The minimum atomic E-state index is -0.310. The molecule has 2 unspecified atom stereocenters. The Morgan fingerprint density at radius 2 is 2.19 bits per heavy atom. The van der Waals surface area contributed by atoms with Gasteiger partial charge in [0.25, 0.3) is 0 Å². The Kier molecular flexibility index (Phi) is 6.00. The Balaban J connectivity index is 2.13. The highest BCUT2D eigenvalue weighted by Gasteiger charge is 2.23. The maximum absolute atomic E-state index is 13.9. The molecule has 0 aromatic heterocycles. The molecule has 3 nitrogen and oxygen atoms in total. The summed E-state index contributed by atoms with van der Waals surface area (Å²) in [7, 11) is 1.48. The maximum atomic E-state index is 13.9. The predicted molar refractivity (Wildman–Crippen MR) is 84.0 cm³/mol. The Morgan fingerprint density at radius 3 is 2.81 bits per heavy atom. The molecule has 2 N–H and O–H groups in total. The number of nitrogens with two attached hydrogens (primary N) is 1. The first-order valence-electron chi connectivity index (χ1n) is 7.97. The summed E-state index contributed by atoms with van der Waals surface area (Å²) in [6, 6.07) is 5.29. The first-order valence-corrected chi connectivity index (χ1v) is 7.97. The first-order chi connectivity index (χ1) is 10.2. The lowest BCUT2D eigenvalue weighted by Crippen LogP contribution is -2.34. The minimum absolute atomic E-state index is 0.0982. The summed E-state index contributed by atoms with van der Waals surface area (Å²) in [6.45, 7) is 4.88. The molecule has 118 valence electrons. The van der Waals surface area contributed by atoms with E-state index in [2.05, 4.69) is 11.8 Å². The van der Waals surface area contributed by atoms with E-state index in [1.807, 2.05) is 6.07 Å². The summed E-state index contributed by atoms with van der Waals surface area (Å²) in [4.78, 5) is 2.41. The van der Waals surface area contributed by atoms with Gasteiger partial charge in [-0.05, 0) is 56.0 Å². The Hall–Kier alpha value is -1.13. The molecule has 1 aromatic carbocycles. The van der Waals surface area contributed by atoms with E-state index in [1.54, 1.807) is 12.1 Å². The largest absolute Gasteiger partial charge is 0.494 e. The minimum Gasteiger partial charge on any atom is -0.494 e. The van der Waals surface area contributed by atoms with E-state index < -0.39 is 0 Å². The molecule has 21 heavy (non-hydrogen) atoms. The zero-order valence-electron chi connectivity index (χ0n) is 13.1. The smallest absolute Gasteiger partial charge is 0.165 e. The lowest BCUT2D eigenvalue weighted by Gasteiger charge is -2.30. The molecule has 2 atom stereocenters. The molecule has 0 radical (unpaired) electrons. The number of ether oxygens (including phenoxy) is 1. The summed E-state index contributed by atoms with van der Waals surface area (Å²) >= 11 is 0. The number of halogens is 1. The quantitative estimate of drug-likeness (QED) is 0.905. The first kappa shape index (κ1) is 16.2. The number of hydrogen-bond acceptors (Lipinski definition) is 3. The molecule has 0 aliphatic carbocycles. The van der Waals surface area contributed by atoms with Gasteiger partial charge in [0.2, 0.25) is 0 Å². The zero-order valence-corrected chi connectivity index (χ0v) is 13.1. The van der Waals surface area contributed by atoms with E-state index in [0.29, 0.717) is 6.54 Å². The lowest BCUT2D eigenvalue weighted by atomic mass is 9.98. The lowest BCUT2D eigenvalue weighted by molar-refractivity contribution is 0.206. The van der Waals surface area contributed by atoms with Crippen molar-refractivity contribution < 1.29 is 9.13 Å². The standard InChI is InChI=1S/C17H27FN2O/c1-3-13-5-4-9-20(10-8-13)16(12-19)14-6-7-17(21-2)15(18)11-14/h6-7,11,13,16H,3-5,8-10,12,19H2,1-2H3. The fourth-order valence-electron chi connectivity index (χ4n) is 3.29. The molecule has 0 amide bonds. The highest BCUT2D eigenvalue weighted by molar-refractivity contribution is 5.31. The number of methoxy groups -OCH3 is 1. The van der Waals surface area contributed by atoms with Crippen LogP contribution < -0.4 is 10.5 Å². The van der Waals surface area contributed by atoms with E-state index in [4.69, 9.17) is 10.5 Å². The molecular weight excluding hydrogens is 267 g/mol. The molecule has 1 aromatic rings. The van der Waals surface area contributed by atoms with Crippen LogP contribution in [0.3, 0.4) is 0 Å². The van der Waals surface area contributed by atoms with Crippen molar-refractivity contribution in [1.29, 1.82) is 0 Å². The predicted octanol–water partition coefficient (Wildman–Crippen LogP) is 3.35. The third kappa shape index (κ3) is 3.95. The molecule has 1 fully saturated rings. The normalized spacial score (nSPS) is 21.8. The van der Waals surface area contributed by atoms with Gasteiger partial charge in [-0.3, -0.25) is 4.90 Å². The highest BCUT2D eigenvalue weighted by Crippen LogP contribution is 2.29. The van der Waals surface area contributed by atoms with Gasteiger partial charge in [-0.2, -0.15) is 0 Å². The summed E-state index contributed by atoms with van der Waals surface area (Å²) < 4.78 is 18.9. The topological polar surface area (TPSA) is 38.5 Å². The van der Waals surface area contributed by atoms with Crippen molar-refractivity contribution >= 4 is 0 Å². The van der Waals surface area contributed by atoms with Crippen molar-refractivity contribution in [2.75, 3.05) is 26.7 Å². The van der Waals surface area contributed by atoms with Crippen LogP contribution in [0.25, 0.3) is 0 Å². The van der Waals surface area contributed by atoms with Crippen LogP contribution in [-0.4, -0.2) is 31.6 Å². The van der Waals surface area contributed by atoms with Crippen molar-refractivity contribution in [3.8, 4) is 5.75 Å². The second-order valence-corrected chi connectivity index (χ2v) is 5.89. The van der Waals surface area contributed by atoms with Crippen molar-refractivity contribution in [1.82, 2.24) is 4.90 Å². The van der Waals surface area contributed by atoms with Gasteiger partial charge in [-0.25, -0.2) is 4.39 Å². The number of hydrogen-bond donors (Lipinski definition) is 1. The van der Waals surface area contributed by atoms with Gasteiger partial charge < -0.3 is 10.5 Å². The molecule has 2 rings (SSSR count). The van der Waals surface area contributed by atoms with E-state index >= 15 is 0 Å². The number of likely N-dealkylation sites (tertiary alicyclic amines) is 1. The SMILES string of the molecule is CCC1CCCN(C(CN)c2ccc(OC)c(F)c2)CC1. The Labute approximate surface area is 127 Å². The van der Waals surface area contributed by atoms with E-state index in [-0.39, 0.29) is 17.6 Å². The molecule has 0 saturated carbocycles. The third-order valence-corrected chi connectivity index (χ3v) is 4.68. The molecular formula is C17H27FN2O. The van der Waals surface area contributed by atoms with E-state index in [9.17, 15) is 4.39 Å². The van der Waals surface area contributed by atoms with Crippen LogP contribution in [0, 0.1) is 11.7 Å². The summed E-state index contributed by atoms with van der Waals surface area (Å²) in [5, 5.41) is 0. The number of nitrogens with zero attached hydrogens (tertiary/aromatic N) is 1. The van der Waals surface area contributed by atoms with Gasteiger partial charge in [-0.15, -0.1) is 0 Å². The molecule has 1 heterocycles. The fraction of sp³-hybridized carbons (Fsp3) is 0.647. The molecule has 0 bridgehead atoms. The van der Waals surface area contributed by atoms with Crippen LogP contribution in [0.2, 0.25) is 0 Å². The third-order valence-electron chi connectivity index (χ3n) is 4.68. The summed E-state index contributed by atoms with van der Waals surface area (Å²) in [5.74, 6) is 0.798. The van der Waals surface area contributed by atoms with Gasteiger partial charge in [0.15, 0.2) is 11.6 Å². The van der Waals surface area contributed by atoms with E-state index in [1.165, 1.54) is 32.8 Å². The number of rotatable bonds is 5. The molecule has 1 aliphatic rings. The number of benzene rings is 1. The fourth-order valence-corrected chi connectivity index (χ4v) is 3.29.